The lowest BCUT2D eigenvalue weighted by molar-refractivity contribution is -0.384. The van der Waals surface area contributed by atoms with Gasteiger partial charge in [-0.15, -0.1) is 11.3 Å². The number of nitrogens with zero attached hydrogens (tertiary/aromatic N) is 1. The predicted octanol–water partition coefficient (Wildman–Crippen LogP) is 0.462. The summed E-state index contributed by atoms with van der Waals surface area (Å²) in [4.78, 5) is 20.5. The summed E-state index contributed by atoms with van der Waals surface area (Å²) >= 11 is 6.06. The lowest BCUT2D eigenvalue weighted by Gasteiger charge is -2.08. The van der Waals surface area contributed by atoms with E-state index in [0.717, 1.165) is 6.07 Å². The number of thiophene rings is 1. The van der Waals surface area contributed by atoms with Gasteiger partial charge in [0, 0.05) is 6.07 Å². The van der Waals surface area contributed by atoms with Gasteiger partial charge in [-0.05, 0) is 6.92 Å². The molecule has 1 aromatic heterocycles. The smallest absolute Gasteiger partial charge is 0.300 e. The zero-order chi connectivity index (χ0) is 14.1. The van der Waals surface area contributed by atoms with Gasteiger partial charge in [0.05, 0.1) is 11.0 Å². The number of nitrogens with two attached hydrogens (primary N) is 1. The molecule has 11 heteroatoms. The minimum Gasteiger partial charge on any atom is -0.368 e. The molecule has 0 radical (unpaired) electrons. The van der Waals surface area contributed by atoms with Crippen LogP contribution in [0.1, 0.15) is 6.92 Å². The van der Waals surface area contributed by atoms with Crippen LogP contribution in [-0.4, -0.2) is 25.3 Å². The fourth-order valence-electron chi connectivity index (χ4n) is 0.944. The summed E-state index contributed by atoms with van der Waals surface area (Å²) in [6, 6.07) is -0.307. The Morgan fingerprint density at radius 1 is 1.67 bits per heavy atom. The summed E-state index contributed by atoms with van der Waals surface area (Å²) < 4.78 is 24.9. The molecule has 1 atom stereocenters. The van der Waals surface area contributed by atoms with E-state index in [2.05, 4.69) is 0 Å². The van der Waals surface area contributed by atoms with E-state index in [1.54, 1.807) is 0 Å². The fraction of sp³-hybridized carbons (Fsp3) is 0.286. The second kappa shape index (κ2) is 5.18. The Labute approximate surface area is 111 Å². The predicted molar refractivity (Wildman–Crippen MR) is 65.0 cm³/mol. The zero-order valence-electron chi connectivity index (χ0n) is 8.91. The Bertz CT molecular complexity index is 596. The molecule has 0 fully saturated rings. The molecule has 100 valence electrons. The third-order valence-electron chi connectivity index (χ3n) is 1.87. The summed E-state index contributed by atoms with van der Waals surface area (Å²) in [7, 11) is -4.06. The molecular weight excluding hydrogens is 306 g/mol. The van der Waals surface area contributed by atoms with Crippen molar-refractivity contribution >= 4 is 44.6 Å². The number of nitrogens with one attached hydrogen (secondary N) is 1. The molecule has 1 amide bonds. The van der Waals surface area contributed by atoms with Crippen molar-refractivity contribution in [2.24, 2.45) is 5.73 Å². The van der Waals surface area contributed by atoms with Gasteiger partial charge in [0.15, 0.2) is 4.34 Å². The first kappa shape index (κ1) is 14.8. The first-order chi connectivity index (χ1) is 8.15. The molecule has 1 heterocycles. The van der Waals surface area contributed by atoms with Crippen molar-refractivity contribution in [2.75, 3.05) is 0 Å². The third-order valence-corrected chi connectivity index (χ3v) is 5.22. The Balaban J connectivity index is 3.10. The number of rotatable bonds is 5. The van der Waals surface area contributed by atoms with Crippen LogP contribution < -0.4 is 10.5 Å². The molecule has 0 aliphatic carbocycles. The van der Waals surface area contributed by atoms with E-state index in [1.807, 2.05) is 4.72 Å². The highest BCUT2D eigenvalue weighted by molar-refractivity contribution is 7.91. The van der Waals surface area contributed by atoms with Crippen LogP contribution in [0.5, 0.6) is 0 Å². The standard InChI is InChI=1S/C7H8ClN3O5S2/c1-3(7(9)12)10-18(15,16)5-2-4(11(13)14)6(8)17-5/h2-3,10H,1H3,(H2,9,12). The summed E-state index contributed by atoms with van der Waals surface area (Å²) in [6.45, 7) is 1.25. The summed E-state index contributed by atoms with van der Waals surface area (Å²) in [5, 5.41) is 10.5. The third kappa shape index (κ3) is 3.16. The van der Waals surface area contributed by atoms with E-state index in [4.69, 9.17) is 17.3 Å². The van der Waals surface area contributed by atoms with Gasteiger partial charge in [-0.3, -0.25) is 14.9 Å². The first-order valence-corrected chi connectivity index (χ1v) is 7.08. The van der Waals surface area contributed by atoms with Crippen LogP contribution in [0.15, 0.2) is 10.3 Å². The number of hydrogen-bond acceptors (Lipinski definition) is 6. The SMILES string of the molecule is CC(NS(=O)(=O)c1cc([N+](=O)[O-])c(Cl)s1)C(N)=O. The number of halogens is 1. The molecule has 0 saturated carbocycles. The molecule has 0 bridgehead atoms. The van der Waals surface area contributed by atoms with Gasteiger partial charge >= 0.3 is 0 Å². The molecule has 0 spiro atoms. The maximum atomic E-state index is 11.7. The monoisotopic (exact) mass is 313 g/mol. The average molecular weight is 314 g/mol. The minimum absolute atomic E-state index is 0.257. The van der Waals surface area contributed by atoms with E-state index in [1.165, 1.54) is 6.92 Å². The molecular formula is C7H8ClN3O5S2. The molecule has 8 nitrogen and oxygen atoms in total. The zero-order valence-corrected chi connectivity index (χ0v) is 11.3. The Hall–Kier alpha value is -1.23. The largest absolute Gasteiger partial charge is 0.368 e. The maximum absolute atomic E-state index is 11.7. The molecule has 1 aromatic rings. The summed E-state index contributed by atoms with van der Waals surface area (Å²) in [5.74, 6) is -0.865. The second-order valence-electron chi connectivity index (χ2n) is 3.23. The second-order valence-corrected chi connectivity index (χ2v) is 6.82. The maximum Gasteiger partial charge on any atom is 0.300 e. The van der Waals surface area contributed by atoms with E-state index in [9.17, 15) is 23.3 Å². The quantitative estimate of drug-likeness (QED) is 0.602. The average Bonchev–Trinajstić information content (AvgIpc) is 2.60. The Morgan fingerprint density at radius 2 is 2.22 bits per heavy atom. The van der Waals surface area contributed by atoms with Crippen LogP contribution in [0, 0.1) is 10.1 Å². The molecule has 0 aliphatic heterocycles. The van der Waals surface area contributed by atoms with Gasteiger partial charge in [-0.1, -0.05) is 11.6 Å². The normalized spacial score (nSPS) is 13.2. The van der Waals surface area contributed by atoms with Gasteiger partial charge in [0.2, 0.25) is 5.91 Å². The summed E-state index contributed by atoms with van der Waals surface area (Å²) in [6.07, 6.45) is 0. The van der Waals surface area contributed by atoms with Crippen LogP contribution in [-0.2, 0) is 14.8 Å². The number of amides is 1. The molecule has 0 saturated heterocycles. The number of carbonyl (C=O) groups excluding carboxylic acids is 1. The van der Waals surface area contributed by atoms with Gasteiger partial charge in [0.25, 0.3) is 15.7 Å². The van der Waals surface area contributed by atoms with E-state index in [0.29, 0.717) is 11.3 Å². The van der Waals surface area contributed by atoms with E-state index < -0.39 is 32.6 Å². The van der Waals surface area contributed by atoms with E-state index in [-0.39, 0.29) is 8.55 Å². The highest BCUT2D eigenvalue weighted by atomic mass is 35.5. The van der Waals surface area contributed by atoms with Crippen molar-refractivity contribution in [3.63, 3.8) is 0 Å². The number of nitro groups is 1. The first-order valence-electron chi connectivity index (χ1n) is 4.40. The highest BCUT2D eigenvalue weighted by Crippen LogP contribution is 2.36. The Kier molecular flexibility index (Phi) is 4.27. The van der Waals surface area contributed by atoms with Crippen molar-refractivity contribution in [1.82, 2.24) is 4.72 Å². The number of hydrogen-bond donors (Lipinski definition) is 2. The van der Waals surface area contributed by atoms with Gasteiger partial charge < -0.3 is 5.73 Å². The molecule has 3 N–H and O–H groups in total. The lowest BCUT2D eigenvalue weighted by Crippen LogP contribution is -2.41. The molecule has 0 aromatic carbocycles. The molecule has 1 rings (SSSR count). The van der Waals surface area contributed by atoms with Crippen LogP contribution in [0.25, 0.3) is 0 Å². The number of primary amides is 1. The highest BCUT2D eigenvalue weighted by Gasteiger charge is 2.27. The van der Waals surface area contributed by atoms with Crippen LogP contribution in [0.4, 0.5) is 5.69 Å². The topological polar surface area (TPSA) is 132 Å². The minimum atomic E-state index is -4.06. The van der Waals surface area contributed by atoms with Crippen LogP contribution >= 0.6 is 22.9 Å². The summed E-state index contributed by atoms with van der Waals surface area (Å²) in [5.41, 5.74) is 4.40. The van der Waals surface area contributed by atoms with Crippen molar-refractivity contribution in [2.45, 2.75) is 17.2 Å². The van der Waals surface area contributed by atoms with Gasteiger partial charge in [-0.2, -0.15) is 4.72 Å². The Morgan fingerprint density at radius 3 is 2.61 bits per heavy atom. The van der Waals surface area contributed by atoms with Crippen LogP contribution in [0.2, 0.25) is 4.34 Å². The number of carbonyl (C=O) groups is 1. The lowest BCUT2D eigenvalue weighted by atomic mass is 10.4. The van der Waals surface area contributed by atoms with Gasteiger partial charge in [-0.25, -0.2) is 8.42 Å². The van der Waals surface area contributed by atoms with Crippen molar-refractivity contribution in [3.8, 4) is 0 Å². The molecule has 1 unspecified atom stereocenters. The number of sulfonamides is 1. The van der Waals surface area contributed by atoms with Gasteiger partial charge in [0.1, 0.15) is 4.21 Å². The van der Waals surface area contributed by atoms with Crippen molar-refractivity contribution < 1.29 is 18.1 Å². The van der Waals surface area contributed by atoms with Crippen molar-refractivity contribution in [3.05, 3.63) is 20.5 Å². The fourth-order valence-corrected chi connectivity index (χ4v) is 3.84. The van der Waals surface area contributed by atoms with E-state index >= 15 is 0 Å². The molecule has 18 heavy (non-hydrogen) atoms. The molecule has 0 aliphatic rings. The van der Waals surface area contributed by atoms with Crippen LogP contribution in [0.3, 0.4) is 0 Å². The van der Waals surface area contributed by atoms with Crippen molar-refractivity contribution in [1.29, 1.82) is 0 Å².